The zero-order chi connectivity index (χ0) is 39.5. The van der Waals surface area contributed by atoms with Gasteiger partial charge in [-0.05, 0) is 105 Å². The number of ether oxygens (including phenoxy) is 1. The van der Waals surface area contributed by atoms with Crippen LogP contribution in [0.4, 0.5) is 17.1 Å². The lowest BCUT2D eigenvalue weighted by atomic mass is 9.79. The molecule has 0 spiro atoms. The topological polar surface area (TPSA) is 12.5 Å². The second kappa shape index (κ2) is 14.2. The van der Waals surface area contributed by atoms with Crippen LogP contribution in [0.2, 0.25) is 0 Å². The average Bonchev–Trinajstić information content (AvgIpc) is 3.53. The molecule has 1 aliphatic heterocycles. The van der Waals surface area contributed by atoms with Gasteiger partial charge in [0.1, 0.15) is 11.4 Å². The van der Waals surface area contributed by atoms with Crippen molar-refractivity contribution in [3.8, 4) is 16.9 Å². The third-order valence-electron chi connectivity index (χ3n) is 12.8. The SMILES string of the molecule is CC12CC=CC(c3ccccc3N(c3cc(C(C)(C)C)cc(C(C)(C)C)c3)c3ccccc3-c3cccc4cccc(C5CCCCC5)c34)=C1c1ccccc1O2. The van der Waals surface area contributed by atoms with Crippen LogP contribution >= 0.6 is 0 Å². The lowest BCUT2D eigenvalue weighted by Gasteiger charge is -2.35. The summed E-state index contributed by atoms with van der Waals surface area (Å²) in [5, 5.41) is 2.72. The largest absolute Gasteiger partial charge is 0.482 e. The molecule has 0 radical (unpaired) electrons. The van der Waals surface area contributed by atoms with Crippen LogP contribution in [0.5, 0.6) is 5.75 Å². The minimum Gasteiger partial charge on any atom is -0.482 e. The Hall–Kier alpha value is -5.34. The molecule has 1 atom stereocenters. The molecule has 2 aliphatic carbocycles. The van der Waals surface area contributed by atoms with E-state index in [0.717, 1.165) is 17.9 Å². The summed E-state index contributed by atoms with van der Waals surface area (Å²) in [4.78, 5) is 2.58. The highest BCUT2D eigenvalue weighted by Gasteiger charge is 2.43. The molecule has 288 valence electrons. The molecule has 9 rings (SSSR count). The smallest absolute Gasteiger partial charge is 0.136 e. The molecule has 2 heteroatoms. The molecular weight excluding hydrogens is 691 g/mol. The first kappa shape index (κ1) is 37.2. The molecule has 0 N–H and O–H groups in total. The fourth-order valence-corrected chi connectivity index (χ4v) is 9.78. The van der Waals surface area contributed by atoms with E-state index in [4.69, 9.17) is 4.74 Å². The van der Waals surface area contributed by atoms with E-state index in [9.17, 15) is 0 Å². The molecule has 1 unspecified atom stereocenters. The maximum atomic E-state index is 6.78. The molecule has 0 amide bonds. The summed E-state index contributed by atoms with van der Waals surface area (Å²) in [5.74, 6) is 1.55. The summed E-state index contributed by atoms with van der Waals surface area (Å²) in [6, 6.07) is 48.1. The van der Waals surface area contributed by atoms with Crippen LogP contribution in [-0.4, -0.2) is 5.60 Å². The first-order valence-corrected chi connectivity index (χ1v) is 21.3. The summed E-state index contributed by atoms with van der Waals surface area (Å²) < 4.78 is 6.78. The van der Waals surface area contributed by atoms with Gasteiger partial charge in [-0.25, -0.2) is 0 Å². The third-order valence-corrected chi connectivity index (χ3v) is 12.8. The Labute approximate surface area is 340 Å². The fourth-order valence-electron chi connectivity index (χ4n) is 9.78. The Balaban J connectivity index is 1.35. The molecule has 1 heterocycles. The summed E-state index contributed by atoms with van der Waals surface area (Å²) >= 11 is 0. The van der Waals surface area contributed by atoms with Crippen LogP contribution in [-0.2, 0) is 10.8 Å². The van der Waals surface area contributed by atoms with Crippen molar-refractivity contribution in [2.24, 2.45) is 0 Å². The van der Waals surface area contributed by atoms with Crippen molar-refractivity contribution >= 4 is 39.0 Å². The summed E-state index contributed by atoms with van der Waals surface area (Å²) in [6.07, 6.45) is 12.0. The zero-order valence-electron chi connectivity index (χ0n) is 35.0. The number of anilines is 3. The normalized spacial score (nSPS) is 18.4. The van der Waals surface area contributed by atoms with Crippen molar-refractivity contribution in [3.63, 3.8) is 0 Å². The monoisotopic (exact) mass is 747 g/mol. The molecule has 0 saturated heterocycles. The Bertz CT molecular complexity index is 2510. The Morgan fingerprint density at radius 3 is 1.86 bits per heavy atom. The van der Waals surface area contributed by atoms with Crippen molar-refractivity contribution in [1.29, 1.82) is 0 Å². The lowest BCUT2D eigenvalue weighted by molar-refractivity contribution is 0.170. The van der Waals surface area contributed by atoms with Gasteiger partial charge in [0.05, 0.1) is 11.4 Å². The van der Waals surface area contributed by atoms with Crippen molar-refractivity contribution in [2.45, 2.75) is 109 Å². The molecule has 2 nitrogen and oxygen atoms in total. The van der Waals surface area contributed by atoms with Crippen LogP contribution in [0.3, 0.4) is 0 Å². The second-order valence-corrected chi connectivity index (χ2v) is 18.9. The van der Waals surface area contributed by atoms with Gasteiger partial charge in [0.25, 0.3) is 0 Å². The molecule has 3 aliphatic rings. The quantitative estimate of drug-likeness (QED) is 0.168. The lowest BCUT2D eigenvalue weighted by Crippen LogP contribution is -2.30. The highest BCUT2D eigenvalue weighted by molar-refractivity contribution is 6.07. The van der Waals surface area contributed by atoms with Gasteiger partial charge in [-0.15, -0.1) is 0 Å². The van der Waals surface area contributed by atoms with Gasteiger partial charge in [0.2, 0.25) is 0 Å². The molecule has 0 aromatic heterocycles. The van der Waals surface area contributed by atoms with Gasteiger partial charge >= 0.3 is 0 Å². The van der Waals surface area contributed by atoms with E-state index in [2.05, 4.69) is 193 Å². The van der Waals surface area contributed by atoms with E-state index in [1.807, 2.05) is 0 Å². The predicted octanol–water partition coefficient (Wildman–Crippen LogP) is 15.6. The zero-order valence-corrected chi connectivity index (χ0v) is 35.0. The van der Waals surface area contributed by atoms with Gasteiger partial charge in [-0.3, -0.25) is 0 Å². The molecule has 57 heavy (non-hydrogen) atoms. The molecule has 1 fully saturated rings. The minimum atomic E-state index is -0.437. The number of hydrogen-bond donors (Lipinski definition) is 0. The van der Waals surface area contributed by atoms with Gasteiger partial charge in [-0.2, -0.15) is 0 Å². The molecule has 6 aromatic carbocycles. The van der Waals surface area contributed by atoms with Gasteiger partial charge in [0, 0.05) is 34.4 Å². The van der Waals surface area contributed by atoms with Crippen molar-refractivity contribution in [3.05, 3.63) is 167 Å². The van der Waals surface area contributed by atoms with Crippen molar-refractivity contribution in [2.75, 3.05) is 4.90 Å². The maximum Gasteiger partial charge on any atom is 0.136 e. The van der Waals surface area contributed by atoms with Crippen LogP contribution < -0.4 is 9.64 Å². The van der Waals surface area contributed by atoms with E-state index in [0.29, 0.717) is 5.92 Å². The molecule has 6 aromatic rings. The third kappa shape index (κ3) is 6.71. The van der Waals surface area contributed by atoms with Crippen LogP contribution in [0.1, 0.15) is 121 Å². The van der Waals surface area contributed by atoms with E-state index in [-0.39, 0.29) is 10.8 Å². The van der Waals surface area contributed by atoms with E-state index < -0.39 is 5.60 Å². The van der Waals surface area contributed by atoms with E-state index in [1.165, 1.54) is 104 Å². The predicted molar refractivity (Wildman–Crippen MR) is 243 cm³/mol. The van der Waals surface area contributed by atoms with Crippen LogP contribution in [0, 0.1) is 0 Å². The number of benzene rings is 6. The first-order valence-electron chi connectivity index (χ1n) is 21.3. The van der Waals surface area contributed by atoms with Crippen molar-refractivity contribution < 1.29 is 4.74 Å². The summed E-state index contributed by atoms with van der Waals surface area (Å²) in [7, 11) is 0. The maximum absolute atomic E-state index is 6.78. The van der Waals surface area contributed by atoms with Gasteiger partial charge in [-0.1, -0.05) is 170 Å². The standard InChI is InChI=1S/C55H57NO/c1-53(2,3)39-34-40(54(4,5)6)36-41(35-39)56(49-31-15-12-25-44(49)46-29-19-33-55(7)52(46)47-26-13-16-32-50(47)57-55)48-30-14-11-24-43(48)45-28-18-23-38-22-17-27-42(51(38)45)37-20-9-8-10-21-37/h11-19,22-32,34-37H,8-10,20-21,33H2,1-7H3. The number of rotatable bonds is 6. The van der Waals surface area contributed by atoms with Crippen molar-refractivity contribution in [1.82, 2.24) is 0 Å². The van der Waals surface area contributed by atoms with Gasteiger partial charge in [0.15, 0.2) is 0 Å². The Kier molecular flexibility index (Phi) is 9.31. The number of allylic oxidation sites excluding steroid dienone is 2. The minimum absolute atomic E-state index is 0.0470. The fraction of sp³-hybridized carbons (Fsp3) is 0.309. The number of para-hydroxylation sites is 3. The first-order chi connectivity index (χ1) is 27.4. The van der Waals surface area contributed by atoms with Crippen LogP contribution in [0.15, 0.2) is 140 Å². The summed E-state index contributed by atoms with van der Waals surface area (Å²) in [5.41, 5.74) is 14.6. The number of nitrogens with zero attached hydrogens (tertiary/aromatic N) is 1. The average molecular weight is 748 g/mol. The summed E-state index contributed by atoms with van der Waals surface area (Å²) in [6.45, 7) is 16.3. The molecule has 1 saturated carbocycles. The van der Waals surface area contributed by atoms with E-state index >= 15 is 0 Å². The van der Waals surface area contributed by atoms with Crippen LogP contribution in [0.25, 0.3) is 33.0 Å². The van der Waals surface area contributed by atoms with Gasteiger partial charge < -0.3 is 9.64 Å². The molecular formula is C55H57NO. The highest BCUT2D eigenvalue weighted by Crippen LogP contribution is 2.54. The Morgan fingerprint density at radius 1 is 0.596 bits per heavy atom. The van der Waals surface area contributed by atoms with E-state index in [1.54, 1.807) is 0 Å². The Morgan fingerprint density at radius 2 is 1.18 bits per heavy atom. The second-order valence-electron chi connectivity index (χ2n) is 18.9. The number of fused-ring (bicyclic) bond motifs is 4. The number of hydrogen-bond acceptors (Lipinski definition) is 2. The highest BCUT2D eigenvalue weighted by atomic mass is 16.5. The molecule has 0 bridgehead atoms.